The van der Waals surface area contributed by atoms with E-state index in [-0.39, 0.29) is 6.09 Å². The van der Waals surface area contributed by atoms with Gasteiger partial charge < -0.3 is 9.64 Å². The van der Waals surface area contributed by atoms with Gasteiger partial charge in [-0.2, -0.15) is 0 Å². The first-order valence-corrected chi connectivity index (χ1v) is 8.22. The van der Waals surface area contributed by atoms with E-state index >= 15 is 0 Å². The van der Waals surface area contributed by atoms with E-state index in [0.29, 0.717) is 39.1 Å². The molecule has 128 valence electrons. The Balaban J connectivity index is 1.73. The summed E-state index contributed by atoms with van der Waals surface area (Å²) in [5.74, 6) is 0. The minimum Gasteiger partial charge on any atom is -0.444 e. The molecule has 1 saturated heterocycles. The monoisotopic (exact) mass is 322 g/mol. The highest BCUT2D eigenvalue weighted by Gasteiger charge is 2.26. The van der Waals surface area contributed by atoms with Crippen molar-refractivity contribution < 1.29 is 13.9 Å². The third-order valence-corrected chi connectivity index (χ3v) is 3.78. The molecule has 1 amide bonds. The summed E-state index contributed by atoms with van der Waals surface area (Å²) < 4.78 is 19.6. The van der Waals surface area contributed by atoms with Gasteiger partial charge >= 0.3 is 6.09 Å². The third kappa shape index (κ3) is 6.18. The maximum absolute atomic E-state index is 14.2. The van der Waals surface area contributed by atoms with Gasteiger partial charge in [0.2, 0.25) is 0 Å². The Bertz CT molecular complexity index is 493. The number of alkyl halides is 1. The van der Waals surface area contributed by atoms with E-state index in [4.69, 9.17) is 4.74 Å². The first kappa shape index (κ1) is 17.7. The van der Waals surface area contributed by atoms with Gasteiger partial charge in [0.05, 0.1) is 0 Å². The summed E-state index contributed by atoms with van der Waals surface area (Å²) in [7, 11) is 0. The molecule has 0 unspecified atom stereocenters. The fourth-order valence-corrected chi connectivity index (χ4v) is 2.65. The highest BCUT2D eigenvalue weighted by atomic mass is 19.1. The van der Waals surface area contributed by atoms with Gasteiger partial charge in [0.1, 0.15) is 11.8 Å². The van der Waals surface area contributed by atoms with Crippen molar-refractivity contribution in [3.05, 3.63) is 35.9 Å². The normalized spacial score (nSPS) is 17.8. The van der Waals surface area contributed by atoms with Gasteiger partial charge in [-0.1, -0.05) is 30.3 Å². The van der Waals surface area contributed by atoms with Crippen LogP contribution in [0, 0.1) is 0 Å². The van der Waals surface area contributed by atoms with E-state index in [9.17, 15) is 9.18 Å². The van der Waals surface area contributed by atoms with E-state index in [1.54, 1.807) is 4.90 Å². The zero-order valence-corrected chi connectivity index (χ0v) is 14.3. The molecular formula is C18H27FN2O2. The first-order chi connectivity index (χ1) is 10.8. The summed E-state index contributed by atoms with van der Waals surface area (Å²) in [5, 5.41) is 0. The molecule has 0 bridgehead atoms. The van der Waals surface area contributed by atoms with Crippen LogP contribution in [-0.2, 0) is 11.2 Å². The molecule has 1 aliphatic rings. The summed E-state index contributed by atoms with van der Waals surface area (Å²) in [6, 6.07) is 9.70. The number of amides is 1. The Morgan fingerprint density at radius 2 is 1.78 bits per heavy atom. The number of carbonyl (C=O) groups excluding carboxylic acids is 1. The highest BCUT2D eigenvalue weighted by molar-refractivity contribution is 5.68. The zero-order chi connectivity index (χ0) is 16.9. The average molecular weight is 322 g/mol. The fourth-order valence-electron chi connectivity index (χ4n) is 2.65. The van der Waals surface area contributed by atoms with Crippen molar-refractivity contribution in [3.63, 3.8) is 0 Å². The van der Waals surface area contributed by atoms with Crippen molar-refractivity contribution in [2.24, 2.45) is 0 Å². The topological polar surface area (TPSA) is 32.8 Å². The van der Waals surface area contributed by atoms with E-state index in [1.165, 1.54) is 0 Å². The summed E-state index contributed by atoms with van der Waals surface area (Å²) in [6.45, 7) is 8.55. The molecule has 4 nitrogen and oxygen atoms in total. The number of carbonyl (C=O) groups is 1. The van der Waals surface area contributed by atoms with Crippen molar-refractivity contribution >= 4 is 6.09 Å². The minimum atomic E-state index is -0.884. The van der Waals surface area contributed by atoms with Crippen LogP contribution in [0.4, 0.5) is 9.18 Å². The van der Waals surface area contributed by atoms with Crippen molar-refractivity contribution in [1.82, 2.24) is 9.80 Å². The molecule has 0 radical (unpaired) electrons. The fraction of sp³-hybridized carbons (Fsp3) is 0.611. The maximum Gasteiger partial charge on any atom is 0.410 e. The molecule has 0 aliphatic carbocycles. The predicted octanol–water partition coefficient (Wildman–Crippen LogP) is 3.12. The standard InChI is InChI=1S/C18H27FN2O2/c1-18(2,3)23-17(22)21-11-9-20(10-12-21)14-16(19)13-15-7-5-4-6-8-15/h4-8,16H,9-14H2,1-3H3/t16-/m0/s1. The van der Waals surface area contributed by atoms with Crippen LogP contribution >= 0.6 is 0 Å². The van der Waals surface area contributed by atoms with Crippen LogP contribution in [0.1, 0.15) is 26.3 Å². The molecule has 5 heteroatoms. The van der Waals surface area contributed by atoms with Gasteiger partial charge in [-0.15, -0.1) is 0 Å². The van der Waals surface area contributed by atoms with Crippen LogP contribution in [0.15, 0.2) is 30.3 Å². The second-order valence-electron chi connectivity index (χ2n) is 7.06. The van der Waals surface area contributed by atoms with Crippen LogP contribution in [0.5, 0.6) is 0 Å². The minimum absolute atomic E-state index is 0.279. The molecule has 1 heterocycles. The van der Waals surface area contributed by atoms with E-state index < -0.39 is 11.8 Å². The van der Waals surface area contributed by atoms with E-state index in [2.05, 4.69) is 4.90 Å². The van der Waals surface area contributed by atoms with Crippen molar-refractivity contribution in [1.29, 1.82) is 0 Å². The summed E-state index contributed by atoms with van der Waals surface area (Å²) in [4.78, 5) is 15.8. The van der Waals surface area contributed by atoms with Gasteiger partial charge in [0, 0.05) is 39.1 Å². The lowest BCUT2D eigenvalue weighted by Crippen LogP contribution is -2.51. The zero-order valence-electron chi connectivity index (χ0n) is 14.3. The second kappa shape index (κ2) is 7.77. The summed E-state index contributed by atoms with van der Waals surface area (Å²) in [5.41, 5.74) is 0.542. The molecule has 0 spiro atoms. The van der Waals surface area contributed by atoms with Crippen LogP contribution in [0.2, 0.25) is 0 Å². The maximum atomic E-state index is 14.2. The number of piperazine rings is 1. The Labute approximate surface area is 138 Å². The molecule has 1 aromatic carbocycles. The molecule has 1 aromatic rings. The lowest BCUT2D eigenvalue weighted by Gasteiger charge is -2.36. The van der Waals surface area contributed by atoms with Gasteiger partial charge in [-0.05, 0) is 26.3 Å². The molecule has 0 aromatic heterocycles. The molecule has 1 fully saturated rings. The average Bonchev–Trinajstić information content (AvgIpc) is 2.47. The van der Waals surface area contributed by atoms with Crippen LogP contribution in [0.25, 0.3) is 0 Å². The number of benzene rings is 1. The molecule has 1 atom stereocenters. The third-order valence-electron chi connectivity index (χ3n) is 3.78. The van der Waals surface area contributed by atoms with Gasteiger partial charge in [-0.25, -0.2) is 9.18 Å². The smallest absolute Gasteiger partial charge is 0.410 e. The molecule has 23 heavy (non-hydrogen) atoms. The molecule has 0 N–H and O–H groups in total. The summed E-state index contributed by atoms with van der Waals surface area (Å²) in [6.07, 6.45) is -0.726. The van der Waals surface area contributed by atoms with E-state index in [0.717, 1.165) is 5.56 Å². The lowest BCUT2D eigenvalue weighted by molar-refractivity contribution is 0.0128. The van der Waals surface area contributed by atoms with Crippen LogP contribution in [0.3, 0.4) is 0 Å². The van der Waals surface area contributed by atoms with Gasteiger partial charge in [0.15, 0.2) is 0 Å². The number of halogens is 1. The van der Waals surface area contributed by atoms with Crippen molar-refractivity contribution in [2.75, 3.05) is 32.7 Å². The number of hydrogen-bond acceptors (Lipinski definition) is 3. The van der Waals surface area contributed by atoms with Gasteiger partial charge in [-0.3, -0.25) is 4.90 Å². The quantitative estimate of drug-likeness (QED) is 0.854. The Hall–Kier alpha value is -1.62. The first-order valence-electron chi connectivity index (χ1n) is 8.22. The predicted molar refractivity (Wildman–Crippen MR) is 89.3 cm³/mol. The molecule has 1 aliphatic heterocycles. The number of ether oxygens (including phenoxy) is 1. The van der Waals surface area contributed by atoms with Crippen molar-refractivity contribution in [2.45, 2.75) is 39.0 Å². The molecule has 2 rings (SSSR count). The highest BCUT2D eigenvalue weighted by Crippen LogP contribution is 2.13. The Morgan fingerprint density at radius 3 is 2.35 bits per heavy atom. The van der Waals surface area contributed by atoms with Gasteiger partial charge in [0.25, 0.3) is 0 Å². The molecular weight excluding hydrogens is 295 g/mol. The van der Waals surface area contributed by atoms with Crippen LogP contribution in [-0.4, -0.2) is 60.4 Å². The number of nitrogens with zero attached hydrogens (tertiary/aromatic N) is 2. The molecule has 0 saturated carbocycles. The number of hydrogen-bond donors (Lipinski definition) is 0. The summed E-state index contributed by atoms with van der Waals surface area (Å²) >= 11 is 0. The Morgan fingerprint density at radius 1 is 1.17 bits per heavy atom. The van der Waals surface area contributed by atoms with E-state index in [1.807, 2.05) is 51.1 Å². The Kier molecular flexibility index (Phi) is 5.99. The number of rotatable bonds is 4. The SMILES string of the molecule is CC(C)(C)OC(=O)N1CCN(C[C@@H](F)Cc2ccccc2)CC1. The van der Waals surface area contributed by atoms with Crippen molar-refractivity contribution in [3.8, 4) is 0 Å². The lowest BCUT2D eigenvalue weighted by atomic mass is 10.1. The second-order valence-corrected chi connectivity index (χ2v) is 7.06. The largest absolute Gasteiger partial charge is 0.444 e. The van der Waals surface area contributed by atoms with Crippen LogP contribution < -0.4 is 0 Å².